The lowest BCUT2D eigenvalue weighted by atomic mass is 9.81. The van der Waals surface area contributed by atoms with Crippen LogP contribution in [0.1, 0.15) is 30.4 Å². The van der Waals surface area contributed by atoms with Crippen LogP contribution in [-0.2, 0) is 25.6 Å². The van der Waals surface area contributed by atoms with Crippen LogP contribution in [-0.4, -0.2) is 46.1 Å². The topological polar surface area (TPSA) is 136 Å². The van der Waals surface area contributed by atoms with Crippen molar-refractivity contribution in [1.82, 2.24) is 9.88 Å². The fourth-order valence-electron chi connectivity index (χ4n) is 3.49. The second kappa shape index (κ2) is 10.7. The molecule has 33 heavy (non-hydrogen) atoms. The molecule has 3 amide bonds. The Bertz CT molecular complexity index is 1010. The number of anilines is 1. The van der Waals surface area contributed by atoms with E-state index in [-0.39, 0.29) is 30.6 Å². The molecule has 1 saturated heterocycles. The summed E-state index contributed by atoms with van der Waals surface area (Å²) in [5.74, 6) is -1.83. The van der Waals surface area contributed by atoms with E-state index in [2.05, 4.69) is 4.98 Å². The van der Waals surface area contributed by atoms with Gasteiger partial charge in [-0.25, -0.2) is 4.98 Å². The predicted molar refractivity (Wildman–Crippen MR) is 112 cm³/mol. The summed E-state index contributed by atoms with van der Waals surface area (Å²) >= 11 is 0. The highest BCUT2D eigenvalue weighted by molar-refractivity contribution is 6.09. The van der Waals surface area contributed by atoms with Gasteiger partial charge in [0, 0.05) is 12.6 Å². The smallest absolute Gasteiger partial charge is 0.384 e. The van der Waals surface area contributed by atoms with Crippen LogP contribution in [0.3, 0.4) is 0 Å². The third-order valence-corrected chi connectivity index (χ3v) is 5.06. The maximum atomic E-state index is 12.7. The summed E-state index contributed by atoms with van der Waals surface area (Å²) in [4.78, 5) is 50.8. The molecule has 2 heterocycles. The molecule has 0 aliphatic carbocycles. The van der Waals surface area contributed by atoms with Crippen molar-refractivity contribution in [3.05, 3.63) is 59.8 Å². The number of benzene rings is 1. The summed E-state index contributed by atoms with van der Waals surface area (Å²) in [5, 5.41) is 0. The van der Waals surface area contributed by atoms with Gasteiger partial charge >= 0.3 is 6.18 Å². The number of likely N-dealkylation sites (tertiary alicyclic amines) is 1. The number of pyridine rings is 1. The summed E-state index contributed by atoms with van der Waals surface area (Å²) in [5.41, 5.74) is 12.9. The van der Waals surface area contributed by atoms with Gasteiger partial charge in [-0.05, 0) is 35.6 Å². The molecule has 176 valence electrons. The molecular formula is C22H23F3N4O4. The van der Waals surface area contributed by atoms with Crippen LogP contribution < -0.4 is 11.5 Å². The molecule has 1 unspecified atom stereocenters. The number of β-lactam (4-membered cyclic amide) rings is 1. The first-order valence-corrected chi connectivity index (χ1v) is 9.88. The van der Waals surface area contributed by atoms with Crippen molar-refractivity contribution in [2.45, 2.75) is 37.9 Å². The maximum Gasteiger partial charge on any atom is 0.446 e. The molecule has 4 N–H and O–H groups in total. The van der Waals surface area contributed by atoms with Gasteiger partial charge in [-0.15, -0.1) is 0 Å². The zero-order chi connectivity index (χ0) is 24.8. The van der Waals surface area contributed by atoms with Crippen LogP contribution in [0.5, 0.6) is 0 Å². The van der Waals surface area contributed by atoms with E-state index in [1.807, 2.05) is 37.3 Å². The number of amides is 3. The third-order valence-electron chi connectivity index (χ3n) is 5.06. The van der Waals surface area contributed by atoms with Gasteiger partial charge in [0.15, 0.2) is 0 Å². The van der Waals surface area contributed by atoms with E-state index < -0.39 is 30.3 Å². The van der Waals surface area contributed by atoms with Crippen molar-refractivity contribution < 1.29 is 32.3 Å². The average Bonchev–Trinajstić information content (AvgIpc) is 2.75. The van der Waals surface area contributed by atoms with Gasteiger partial charge in [0.1, 0.15) is 11.9 Å². The van der Waals surface area contributed by atoms with Crippen LogP contribution >= 0.6 is 0 Å². The summed E-state index contributed by atoms with van der Waals surface area (Å²) in [6.45, 7) is 1.91. The summed E-state index contributed by atoms with van der Waals surface area (Å²) in [7, 11) is 0. The van der Waals surface area contributed by atoms with Gasteiger partial charge in [0.25, 0.3) is 0 Å². The van der Waals surface area contributed by atoms with Gasteiger partial charge in [-0.2, -0.15) is 13.2 Å². The SMILES string of the molecule is C[C@@H](CC(=O)N1C(=O)C(Cc2ccnc(N)c2)[C@H]1C(N)=O)c1ccccc1.O=CC(F)(F)F. The Hall–Kier alpha value is -3.76. The molecule has 3 atom stereocenters. The lowest BCUT2D eigenvalue weighted by Gasteiger charge is -2.44. The number of rotatable bonds is 6. The van der Waals surface area contributed by atoms with Crippen LogP contribution in [0, 0.1) is 5.92 Å². The van der Waals surface area contributed by atoms with E-state index >= 15 is 0 Å². The minimum atomic E-state index is -4.64. The standard InChI is InChI=1S/C20H22N4O3.C2HF3O/c1-12(14-5-3-2-4-6-14)9-17(25)24-18(19(22)26)15(20(24)27)10-13-7-8-23-16(21)11-13;3-2(4,5)1-6/h2-8,11-12,15,18H,9-10H2,1H3,(H2,21,23)(H2,22,26);1H/t12-,15?,18-;/m0./s1. The Morgan fingerprint density at radius 3 is 2.33 bits per heavy atom. The lowest BCUT2D eigenvalue weighted by molar-refractivity contribution is -0.170. The summed E-state index contributed by atoms with van der Waals surface area (Å²) in [6, 6.07) is 12.0. The first-order chi connectivity index (χ1) is 15.4. The molecule has 1 aromatic heterocycles. The Morgan fingerprint density at radius 2 is 1.82 bits per heavy atom. The predicted octanol–water partition coefficient (Wildman–Crippen LogP) is 1.99. The molecule has 1 aliphatic heterocycles. The Morgan fingerprint density at radius 1 is 1.21 bits per heavy atom. The number of imide groups is 1. The first-order valence-electron chi connectivity index (χ1n) is 9.88. The largest absolute Gasteiger partial charge is 0.446 e. The van der Waals surface area contributed by atoms with E-state index in [1.54, 1.807) is 12.1 Å². The molecule has 1 fully saturated rings. The molecule has 1 aromatic carbocycles. The number of aldehydes is 1. The monoisotopic (exact) mass is 464 g/mol. The fourth-order valence-corrected chi connectivity index (χ4v) is 3.49. The van der Waals surface area contributed by atoms with Crippen LogP contribution in [0.15, 0.2) is 48.7 Å². The third kappa shape index (κ3) is 6.86. The molecule has 0 saturated carbocycles. The number of nitrogen functional groups attached to an aromatic ring is 1. The number of hydrogen-bond acceptors (Lipinski definition) is 6. The quantitative estimate of drug-likeness (QED) is 0.496. The minimum Gasteiger partial charge on any atom is -0.384 e. The van der Waals surface area contributed by atoms with Crippen molar-refractivity contribution in [1.29, 1.82) is 0 Å². The van der Waals surface area contributed by atoms with Crippen molar-refractivity contribution in [2.24, 2.45) is 11.7 Å². The molecule has 3 rings (SSSR count). The van der Waals surface area contributed by atoms with E-state index in [1.165, 1.54) is 6.20 Å². The normalized spacial score (nSPS) is 18.4. The first kappa shape index (κ1) is 25.5. The maximum absolute atomic E-state index is 12.7. The molecule has 8 nitrogen and oxygen atoms in total. The van der Waals surface area contributed by atoms with Gasteiger partial charge in [0.05, 0.1) is 5.92 Å². The van der Waals surface area contributed by atoms with Crippen molar-refractivity contribution in [3.8, 4) is 0 Å². The second-order valence-electron chi connectivity index (χ2n) is 7.52. The average molecular weight is 464 g/mol. The number of carbonyl (C=O) groups excluding carboxylic acids is 4. The molecule has 0 bridgehead atoms. The van der Waals surface area contributed by atoms with Crippen LogP contribution in [0.2, 0.25) is 0 Å². The highest BCUT2D eigenvalue weighted by Crippen LogP contribution is 2.32. The number of nitrogens with two attached hydrogens (primary N) is 2. The molecule has 0 spiro atoms. The van der Waals surface area contributed by atoms with Gasteiger partial charge in [-0.3, -0.25) is 24.1 Å². The fraction of sp³-hybridized carbons (Fsp3) is 0.318. The zero-order valence-electron chi connectivity index (χ0n) is 17.7. The highest BCUT2D eigenvalue weighted by atomic mass is 19.4. The van der Waals surface area contributed by atoms with Gasteiger partial charge in [0.2, 0.25) is 24.0 Å². The highest BCUT2D eigenvalue weighted by Gasteiger charge is 2.53. The number of carbonyl (C=O) groups is 4. The van der Waals surface area contributed by atoms with Crippen molar-refractivity contribution in [3.63, 3.8) is 0 Å². The van der Waals surface area contributed by atoms with E-state index in [9.17, 15) is 27.6 Å². The van der Waals surface area contributed by atoms with E-state index in [0.717, 1.165) is 16.0 Å². The number of nitrogens with zero attached hydrogens (tertiary/aromatic N) is 2. The lowest BCUT2D eigenvalue weighted by Crippen LogP contribution is -2.68. The van der Waals surface area contributed by atoms with Gasteiger partial charge < -0.3 is 11.5 Å². The molecule has 11 heteroatoms. The van der Waals surface area contributed by atoms with Crippen LogP contribution in [0.25, 0.3) is 0 Å². The number of primary amides is 1. The summed E-state index contributed by atoms with van der Waals surface area (Å²) in [6.07, 6.45) is -3.74. The Balaban J connectivity index is 0.000000569. The Kier molecular flexibility index (Phi) is 8.27. The second-order valence-corrected chi connectivity index (χ2v) is 7.52. The number of aromatic nitrogens is 1. The summed E-state index contributed by atoms with van der Waals surface area (Å²) < 4.78 is 31.2. The Labute approximate surface area is 187 Å². The van der Waals surface area contributed by atoms with Crippen molar-refractivity contribution >= 4 is 29.8 Å². The number of hydrogen-bond donors (Lipinski definition) is 2. The van der Waals surface area contributed by atoms with Crippen LogP contribution in [0.4, 0.5) is 19.0 Å². The van der Waals surface area contributed by atoms with Gasteiger partial charge in [-0.1, -0.05) is 37.3 Å². The molecule has 0 radical (unpaired) electrons. The molecule has 2 aromatic rings. The number of alkyl halides is 3. The zero-order valence-corrected chi connectivity index (χ0v) is 17.7. The minimum absolute atomic E-state index is 0.0703. The number of halogens is 3. The van der Waals surface area contributed by atoms with E-state index in [4.69, 9.17) is 16.3 Å². The van der Waals surface area contributed by atoms with Crippen molar-refractivity contribution in [2.75, 3.05) is 5.73 Å². The molecule has 1 aliphatic rings. The van der Waals surface area contributed by atoms with E-state index in [0.29, 0.717) is 5.82 Å². The molecular weight excluding hydrogens is 441 g/mol.